The molecular weight excluding hydrogens is 523 g/mol. The predicted octanol–water partition coefficient (Wildman–Crippen LogP) is 6.14. The fourth-order valence-electron chi connectivity index (χ4n) is 3.88. The average molecular weight is 549 g/mol. The molecule has 0 bridgehead atoms. The lowest BCUT2D eigenvalue weighted by Crippen LogP contribution is -2.29. The van der Waals surface area contributed by atoms with Gasteiger partial charge in [-0.2, -0.15) is 4.98 Å². The average Bonchev–Trinajstić information content (AvgIpc) is 3.26. The minimum atomic E-state index is -0.560. The van der Waals surface area contributed by atoms with Gasteiger partial charge in [0.2, 0.25) is 11.1 Å². The van der Waals surface area contributed by atoms with Gasteiger partial charge in [0.05, 0.1) is 29.3 Å². The van der Waals surface area contributed by atoms with Crippen LogP contribution in [-0.2, 0) is 16.1 Å². The fourth-order valence-corrected chi connectivity index (χ4v) is 4.75. The van der Waals surface area contributed by atoms with Crippen LogP contribution in [0.5, 0.6) is 11.5 Å². The van der Waals surface area contributed by atoms with E-state index in [1.54, 1.807) is 16.8 Å². The number of methoxy groups -OCH3 is 1. The van der Waals surface area contributed by atoms with Crippen LogP contribution in [0.3, 0.4) is 0 Å². The highest BCUT2D eigenvalue weighted by Crippen LogP contribution is 2.40. The van der Waals surface area contributed by atoms with Gasteiger partial charge in [0.1, 0.15) is 12.6 Å². The summed E-state index contributed by atoms with van der Waals surface area (Å²) < 4.78 is 18.8. The molecule has 1 unspecified atom stereocenters. The number of benzene rings is 2. The number of carbonyl (C=O) groups is 1. The molecule has 11 heteroatoms. The van der Waals surface area contributed by atoms with Crippen molar-refractivity contribution in [3.05, 3.63) is 68.8 Å². The van der Waals surface area contributed by atoms with E-state index in [2.05, 4.69) is 15.4 Å². The number of halogens is 2. The molecule has 1 N–H and O–H groups in total. The maximum absolute atomic E-state index is 12.8. The standard InChI is InChI=1S/C25H26Cl2N4O4S/c1-5-34-20-12-16(8-10-19(20)35-13-15-7-9-17(26)18(27)11-15)22-21(23(32)33-4)14(3)28-24-29-25(36-6-2)30-31(22)24/h7-12,22H,5-6,13H2,1-4H3,(H,28,29,30). The van der Waals surface area contributed by atoms with Crippen LogP contribution in [-0.4, -0.2) is 40.2 Å². The first kappa shape index (κ1) is 26.2. The molecule has 0 amide bonds. The first-order valence-electron chi connectivity index (χ1n) is 11.3. The number of rotatable bonds is 9. The third-order valence-corrected chi connectivity index (χ3v) is 6.93. The molecule has 1 aliphatic rings. The number of hydrogen-bond donors (Lipinski definition) is 1. The summed E-state index contributed by atoms with van der Waals surface area (Å²) in [5, 5.41) is 9.41. The van der Waals surface area contributed by atoms with Gasteiger partial charge < -0.3 is 19.5 Å². The van der Waals surface area contributed by atoms with Gasteiger partial charge in [-0.25, -0.2) is 9.48 Å². The number of fused-ring (bicyclic) bond motifs is 1. The predicted molar refractivity (Wildman–Crippen MR) is 141 cm³/mol. The Morgan fingerprint density at radius 2 is 1.92 bits per heavy atom. The third-order valence-electron chi connectivity index (χ3n) is 5.47. The highest BCUT2D eigenvalue weighted by Gasteiger charge is 2.35. The smallest absolute Gasteiger partial charge is 0.338 e. The number of thioether (sulfide) groups is 1. The van der Waals surface area contributed by atoms with E-state index in [1.807, 2.05) is 45.0 Å². The van der Waals surface area contributed by atoms with Crippen LogP contribution in [0.2, 0.25) is 10.0 Å². The second kappa shape index (κ2) is 11.5. The molecule has 0 spiro atoms. The molecule has 0 saturated heterocycles. The second-order valence-electron chi connectivity index (χ2n) is 7.83. The fraction of sp³-hybridized carbons (Fsp3) is 0.320. The van der Waals surface area contributed by atoms with E-state index in [-0.39, 0.29) is 6.61 Å². The lowest BCUT2D eigenvalue weighted by Gasteiger charge is -2.28. The minimum Gasteiger partial charge on any atom is -0.490 e. The van der Waals surface area contributed by atoms with E-state index < -0.39 is 12.0 Å². The van der Waals surface area contributed by atoms with Crippen LogP contribution in [0.25, 0.3) is 0 Å². The summed E-state index contributed by atoms with van der Waals surface area (Å²) in [7, 11) is 1.36. The van der Waals surface area contributed by atoms with Gasteiger partial charge >= 0.3 is 5.97 Å². The van der Waals surface area contributed by atoms with E-state index in [0.29, 0.717) is 50.5 Å². The molecular formula is C25H26Cl2N4O4S. The molecule has 0 saturated carbocycles. The molecule has 2 aromatic carbocycles. The van der Waals surface area contributed by atoms with E-state index in [4.69, 9.17) is 37.4 Å². The Hall–Kier alpha value is -2.88. The number of nitrogens with zero attached hydrogens (tertiary/aromatic N) is 3. The van der Waals surface area contributed by atoms with Gasteiger partial charge in [0.25, 0.3) is 0 Å². The Morgan fingerprint density at radius 3 is 2.61 bits per heavy atom. The molecule has 1 aliphatic heterocycles. The van der Waals surface area contributed by atoms with Gasteiger partial charge in [0, 0.05) is 5.70 Å². The van der Waals surface area contributed by atoms with E-state index in [1.165, 1.54) is 18.9 Å². The van der Waals surface area contributed by atoms with Crippen LogP contribution in [0.4, 0.5) is 5.95 Å². The normalized spacial score (nSPS) is 14.8. The maximum Gasteiger partial charge on any atom is 0.338 e. The molecule has 0 radical (unpaired) electrons. The summed E-state index contributed by atoms with van der Waals surface area (Å²) in [6.45, 7) is 6.46. The molecule has 190 valence electrons. The Kier molecular flexibility index (Phi) is 8.33. The molecule has 4 rings (SSSR count). The van der Waals surface area contributed by atoms with Crippen LogP contribution in [0, 0.1) is 0 Å². The number of anilines is 1. The van der Waals surface area contributed by atoms with Gasteiger partial charge in [-0.1, -0.05) is 54.0 Å². The highest BCUT2D eigenvalue weighted by atomic mass is 35.5. The largest absolute Gasteiger partial charge is 0.490 e. The van der Waals surface area contributed by atoms with Crippen molar-refractivity contribution < 1.29 is 19.0 Å². The summed E-state index contributed by atoms with van der Waals surface area (Å²) in [6, 6.07) is 10.4. The van der Waals surface area contributed by atoms with Crippen molar-refractivity contribution in [1.82, 2.24) is 14.8 Å². The molecule has 8 nitrogen and oxygen atoms in total. The number of esters is 1. The summed E-state index contributed by atoms with van der Waals surface area (Å²) in [4.78, 5) is 17.4. The Labute approximate surface area is 223 Å². The number of allylic oxidation sites excluding steroid dienone is 1. The van der Waals surface area contributed by atoms with Crippen molar-refractivity contribution in [2.45, 2.75) is 38.6 Å². The molecule has 36 heavy (non-hydrogen) atoms. The van der Waals surface area contributed by atoms with E-state index >= 15 is 0 Å². The summed E-state index contributed by atoms with van der Waals surface area (Å²) in [5.41, 5.74) is 2.74. The van der Waals surface area contributed by atoms with Crippen molar-refractivity contribution >= 4 is 46.9 Å². The second-order valence-corrected chi connectivity index (χ2v) is 9.88. The molecule has 1 aromatic heterocycles. The number of nitrogens with one attached hydrogen (secondary N) is 1. The third kappa shape index (κ3) is 5.43. The lowest BCUT2D eigenvalue weighted by atomic mass is 9.95. The maximum atomic E-state index is 12.8. The SMILES string of the molecule is CCOc1cc(C2C(C(=O)OC)=C(C)Nc3nc(SCC)nn32)ccc1OCc1ccc(Cl)c(Cl)c1. The minimum absolute atomic E-state index is 0.279. The monoisotopic (exact) mass is 548 g/mol. The van der Waals surface area contributed by atoms with Crippen molar-refractivity contribution in [3.63, 3.8) is 0 Å². The summed E-state index contributed by atoms with van der Waals surface area (Å²) >= 11 is 13.7. The van der Waals surface area contributed by atoms with Crippen LogP contribution in [0.1, 0.15) is 37.9 Å². The van der Waals surface area contributed by atoms with Gasteiger partial charge in [-0.15, -0.1) is 5.10 Å². The van der Waals surface area contributed by atoms with Crippen molar-refractivity contribution in [2.75, 3.05) is 24.8 Å². The lowest BCUT2D eigenvalue weighted by molar-refractivity contribution is -0.136. The van der Waals surface area contributed by atoms with Crippen LogP contribution in [0.15, 0.2) is 52.8 Å². The first-order chi connectivity index (χ1) is 17.4. The molecule has 3 aromatic rings. The van der Waals surface area contributed by atoms with Crippen molar-refractivity contribution in [2.24, 2.45) is 0 Å². The first-order valence-corrected chi connectivity index (χ1v) is 13.1. The van der Waals surface area contributed by atoms with E-state index in [0.717, 1.165) is 16.9 Å². The molecule has 2 heterocycles. The number of aromatic nitrogens is 3. The van der Waals surface area contributed by atoms with Gasteiger partial charge in [-0.05, 0) is 55.0 Å². The topological polar surface area (TPSA) is 87.5 Å². The number of carbonyl (C=O) groups excluding carboxylic acids is 1. The molecule has 0 fully saturated rings. The van der Waals surface area contributed by atoms with Crippen LogP contribution < -0.4 is 14.8 Å². The Balaban J connectivity index is 1.72. The van der Waals surface area contributed by atoms with Gasteiger partial charge in [0.15, 0.2) is 11.5 Å². The highest BCUT2D eigenvalue weighted by molar-refractivity contribution is 7.99. The zero-order valence-electron chi connectivity index (χ0n) is 20.3. The Bertz CT molecular complexity index is 1310. The number of ether oxygens (including phenoxy) is 3. The summed E-state index contributed by atoms with van der Waals surface area (Å²) in [5.74, 6) is 2.03. The zero-order valence-corrected chi connectivity index (χ0v) is 22.6. The van der Waals surface area contributed by atoms with Gasteiger partial charge in [-0.3, -0.25) is 0 Å². The quantitative estimate of drug-likeness (QED) is 0.252. The summed E-state index contributed by atoms with van der Waals surface area (Å²) in [6.07, 6.45) is 0. The molecule has 0 aliphatic carbocycles. The van der Waals surface area contributed by atoms with Crippen molar-refractivity contribution in [1.29, 1.82) is 0 Å². The van der Waals surface area contributed by atoms with E-state index in [9.17, 15) is 4.79 Å². The van der Waals surface area contributed by atoms with Crippen LogP contribution >= 0.6 is 35.0 Å². The Morgan fingerprint density at radius 1 is 1.11 bits per heavy atom. The van der Waals surface area contributed by atoms with Crippen molar-refractivity contribution in [3.8, 4) is 11.5 Å². The zero-order chi connectivity index (χ0) is 25.8. The number of hydrogen-bond acceptors (Lipinski definition) is 8. The molecule has 1 atom stereocenters.